The summed E-state index contributed by atoms with van der Waals surface area (Å²) in [6.45, 7) is 0. The van der Waals surface area contributed by atoms with Crippen LogP contribution >= 0.6 is 18.9 Å². The average Bonchev–Trinajstić information content (AvgIpc) is 2.64. The summed E-state index contributed by atoms with van der Waals surface area (Å²) in [4.78, 5) is 0. The number of rotatable bonds is 5. The third-order valence-electron chi connectivity index (χ3n) is 6.46. The van der Waals surface area contributed by atoms with Gasteiger partial charge in [0.1, 0.15) is 0 Å². The SMILES string of the molecule is COc1cccc([PH]([CH](Cl)[Pd])(C2CCCCC2)C2CCCCC2)c1. The number of hydrogen-bond donors (Lipinski definition) is 0. The molecular formula is C20H31ClOPPd. The number of methoxy groups -OCH3 is 1. The Labute approximate surface area is 164 Å². The summed E-state index contributed by atoms with van der Waals surface area (Å²) < 4.78 is 5.72. The van der Waals surface area contributed by atoms with Gasteiger partial charge >= 0.3 is 164 Å². The molecule has 1 nitrogen and oxygen atoms in total. The van der Waals surface area contributed by atoms with Crippen LogP contribution in [0.15, 0.2) is 24.3 Å². The van der Waals surface area contributed by atoms with E-state index >= 15 is 0 Å². The molecular weight excluding hydrogens is 429 g/mol. The van der Waals surface area contributed by atoms with Gasteiger partial charge in [0, 0.05) is 0 Å². The molecule has 24 heavy (non-hydrogen) atoms. The van der Waals surface area contributed by atoms with Crippen molar-refractivity contribution in [1.29, 1.82) is 0 Å². The maximum atomic E-state index is 7.05. The van der Waals surface area contributed by atoms with Crippen LogP contribution in [0.2, 0.25) is 0 Å². The zero-order valence-corrected chi connectivity index (χ0v) is 18.0. The van der Waals surface area contributed by atoms with E-state index in [9.17, 15) is 0 Å². The summed E-state index contributed by atoms with van der Waals surface area (Å²) in [5.41, 5.74) is 1.64. The van der Waals surface area contributed by atoms with Crippen LogP contribution in [0.4, 0.5) is 0 Å². The van der Waals surface area contributed by atoms with Crippen LogP contribution in [0.25, 0.3) is 0 Å². The van der Waals surface area contributed by atoms with Crippen molar-refractivity contribution in [3.05, 3.63) is 24.3 Å². The zero-order valence-electron chi connectivity index (χ0n) is 14.7. The average molecular weight is 460 g/mol. The van der Waals surface area contributed by atoms with Crippen LogP contribution in [0.5, 0.6) is 5.75 Å². The van der Waals surface area contributed by atoms with Crippen molar-refractivity contribution < 1.29 is 23.9 Å². The number of ether oxygens (including phenoxy) is 1. The molecule has 1 unspecified atom stereocenters. The molecule has 2 saturated carbocycles. The van der Waals surface area contributed by atoms with Crippen molar-refractivity contribution in [2.75, 3.05) is 7.11 Å². The third kappa shape index (κ3) is 3.74. The fourth-order valence-electron chi connectivity index (χ4n) is 5.30. The molecule has 0 heterocycles. The van der Waals surface area contributed by atoms with Gasteiger partial charge in [0.05, 0.1) is 0 Å². The second-order valence-electron chi connectivity index (χ2n) is 7.60. The summed E-state index contributed by atoms with van der Waals surface area (Å²) >= 11 is 10.7. The Morgan fingerprint density at radius 1 is 1.00 bits per heavy atom. The van der Waals surface area contributed by atoms with Crippen molar-refractivity contribution in [1.82, 2.24) is 0 Å². The first-order valence-electron chi connectivity index (χ1n) is 9.58. The molecule has 139 valence electrons. The quantitative estimate of drug-likeness (QED) is 0.307. The van der Waals surface area contributed by atoms with Gasteiger partial charge in [0.2, 0.25) is 0 Å². The van der Waals surface area contributed by atoms with Gasteiger partial charge in [-0.05, 0) is 0 Å². The Hall–Kier alpha value is 0.402. The van der Waals surface area contributed by atoms with Crippen LogP contribution in [0.3, 0.4) is 0 Å². The second kappa shape index (κ2) is 8.86. The molecule has 2 aliphatic carbocycles. The van der Waals surface area contributed by atoms with E-state index in [1.165, 1.54) is 69.5 Å². The van der Waals surface area contributed by atoms with Gasteiger partial charge < -0.3 is 0 Å². The molecule has 0 amide bonds. The molecule has 0 bridgehead atoms. The van der Waals surface area contributed by atoms with E-state index in [4.69, 9.17) is 16.3 Å². The van der Waals surface area contributed by atoms with Crippen molar-refractivity contribution in [2.24, 2.45) is 0 Å². The molecule has 3 rings (SSSR count). The Morgan fingerprint density at radius 2 is 1.54 bits per heavy atom. The minimum absolute atomic E-state index is 0.152. The van der Waals surface area contributed by atoms with Crippen molar-refractivity contribution in [2.45, 2.75) is 79.1 Å². The van der Waals surface area contributed by atoms with Crippen LogP contribution < -0.4 is 10.0 Å². The molecule has 0 aromatic heterocycles. The monoisotopic (exact) mass is 459 g/mol. The summed E-state index contributed by atoms with van der Waals surface area (Å²) in [6, 6.07) is 8.93. The Bertz CT molecular complexity index is 506. The Morgan fingerprint density at radius 3 is 2.00 bits per heavy atom. The van der Waals surface area contributed by atoms with Crippen molar-refractivity contribution in [3.8, 4) is 5.75 Å². The van der Waals surface area contributed by atoms with Gasteiger partial charge in [0.15, 0.2) is 0 Å². The predicted octanol–water partition coefficient (Wildman–Crippen LogP) is 5.81. The Kier molecular flexibility index (Phi) is 7.08. The molecule has 2 fully saturated rings. The molecule has 0 radical (unpaired) electrons. The standard InChI is InChI=1S/C20H31ClOP.Pd/c1-22-17-9-8-14-20(15-17)23(16-21,18-10-4-2-5-11-18)19-12-6-3-7-13-19;/h8-9,14-16,18-19,23H,2-7,10-13H2,1H3;. The minimum atomic E-state index is -1.88. The van der Waals surface area contributed by atoms with Crippen LogP contribution in [0, 0.1) is 0 Å². The fraction of sp³-hybridized carbons (Fsp3) is 0.700. The molecule has 1 atom stereocenters. The third-order valence-corrected chi connectivity index (χ3v) is 15.6. The molecule has 0 N–H and O–H groups in total. The van der Waals surface area contributed by atoms with E-state index in [0.29, 0.717) is 0 Å². The van der Waals surface area contributed by atoms with Gasteiger partial charge in [0.25, 0.3) is 0 Å². The predicted molar refractivity (Wildman–Crippen MR) is 104 cm³/mol. The topological polar surface area (TPSA) is 9.23 Å². The molecule has 1 aromatic carbocycles. The maximum absolute atomic E-state index is 7.05. The molecule has 0 spiro atoms. The van der Waals surface area contributed by atoms with Crippen molar-refractivity contribution in [3.63, 3.8) is 0 Å². The van der Waals surface area contributed by atoms with Gasteiger partial charge in [-0.2, -0.15) is 0 Å². The van der Waals surface area contributed by atoms with Gasteiger partial charge in [-0.25, -0.2) is 0 Å². The van der Waals surface area contributed by atoms with Crippen molar-refractivity contribution >= 4 is 24.2 Å². The summed E-state index contributed by atoms with van der Waals surface area (Å²) in [7, 11) is -0.100. The molecule has 1 aromatic rings. The first-order valence-corrected chi connectivity index (χ1v) is 13.1. The van der Waals surface area contributed by atoms with Crippen LogP contribution in [-0.2, 0) is 19.2 Å². The number of halogens is 1. The summed E-state index contributed by atoms with van der Waals surface area (Å²) in [5, 5.41) is 1.53. The first-order chi connectivity index (χ1) is 11.7. The number of hydrogen-bond acceptors (Lipinski definition) is 1. The fourth-order valence-corrected chi connectivity index (χ4v) is 15.7. The van der Waals surface area contributed by atoms with E-state index < -0.39 is 7.26 Å². The van der Waals surface area contributed by atoms with Gasteiger partial charge in [-0.1, -0.05) is 0 Å². The van der Waals surface area contributed by atoms with E-state index in [1.54, 1.807) is 7.11 Å². The first kappa shape index (κ1) is 19.2. The van der Waals surface area contributed by atoms with Gasteiger partial charge in [-0.3, -0.25) is 0 Å². The Balaban J connectivity index is 2.08. The molecule has 0 saturated heterocycles. The van der Waals surface area contributed by atoms with E-state index in [-0.39, 0.29) is 3.59 Å². The molecule has 0 aliphatic heterocycles. The number of benzene rings is 1. The van der Waals surface area contributed by atoms with E-state index in [0.717, 1.165) is 17.1 Å². The molecule has 4 heteroatoms. The van der Waals surface area contributed by atoms with E-state index in [1.807, 2.05) is 0 Å². The zero-order chi connectivity index (χ0) is 17.0. The second-order valence-corrected chi connectivity index (χ2v) is 15.2. The number of alkyl halides is 1. The summed E-state index contributed by atoms with van der Waals surface area (Å²) in [5.74, 6) is 0.991. The van der Waals surface area contributed by atoms with Gasteiger partial charge in [-0.15, -0.1) is 0 Å². The van der Waals surface area contributed by atoms with Crippen LogP contribution in [0.1, 0.15) is 64.2 Å². The molecule has 2 aliphatic rings. The van der Waals surface area contributed by atoms with Crippen LogP contribution in [-0.4, -0.2) is 22.0 Å². The normalized spacial score (nSPS) is 23.0. The van der Waals surface area contributed by atoms with E-state index in [2.05, 4.69) is 43.5 Å². The summed E-state index contributed by atoms with van der Waals surface area (Å²) in [6.07, 6.45) is 13.9.